The van der Waals surface area contributed by atoms with E-state index in [0.29, 0.717) is 24.5 Å². The predicted octanol–water partition coefficient (Wildman–Crippen LogP) is 0.0863. The first-order valence-corrected chi connectivity index (χ1v) is 6.78. The van der Waals surface area contributed by atoms with E-state index in [2.05, 4.69) is 51.1 Å². The summed E-state index contributed by atoms with van der Waals surface area (Å²) in [6, 6.07) is 0.294. The Morgan fingerprint density at radius 3 is 2.65 bits per heavy atom. The van der Waals surface area contributed by atoms with Crippen molar-refractivity contribution in [2.24, 2.45) is 5.84 Å². The zero-order valence-corrected chi connectivity index (χ0v) is 12.6. The normalized spacial score (nSPS) is 18.9. The van der Waals surface area contributed by atoms with Crippen LogP contribution in [-0.2, 0) is 0 Å². The standard InChI is InChI=1S/C12H23N7O/c1-5-20-11-15-9(17-13)14-10(16-11)19-7-6-18(4)12(2,3)8-19/h5-8,13H2,1-4H3,(H,14,15,16,17). The van der Waals surface area contributed by atoms with Crippen molar-refractivity contribution in [1.29, 1.82) is 0 Å². The summed E-state index contributed by atoms with van der Waals surface area (Å²) in [5, 5.41) is 0. The Balaban J connectivity index is 2.25. The van der Waals surface area contributed by atoms with Gasteiger partial charge < -0.3 is 9.64 Å². The second kappa shape index (κ2) is 5.76. The van der Waals surface area contributed by atoms with Crippen LogP contribution >= 0.6 is 0 Å². The molecule has 0 spiro atoms. The van der Waals surface area contributed by atoms with E-state index < -0.39 is 0 Å². The van der Waals surface area contributed by atoms with E-state index >= 15 is 0 Å². The average Bonchev–Trinajstić information content (AvgIpc) is 2.41. The minimum absolute atomic E-state index is 0.0625. The number of hydrogen-bond acceptors (Lipinski definition) is 8. The van der Waals surface area contributed by atoms with Crippen molar-refractivity contribution < 1.29 is 4.74 Å². The molecule has 20 heavy (non-hydrogen) atoms. The number of nitrogen functional groups attached to an aromatic ring is 1. The van der Waals surface area contributed by atoms with Gasteiger partial charge in [-0.1, -0.05) is 0 Å². The number of piperazine rings is 1. The Kier molecular flexibility index (Phi) is 4.24. The van der Waals surface area contributed by atoms with Crippen molar-refractivity contribution in [3.8, 4) is 6.01 Å². The lowest BCUT2D eigenvalue weighted by molar-refractivity contribution is 0.138. The van der Waals surface area contributed by atoms with E-state index in [-0.39, 0.29) is 5.54 Å². The minimum atomic E-state index is 0.0625. The molecule has 1 aromatic rings. The molecule has 1 saturated heterocycles. The Hall–Kier alpha value is -1.67. The zero-order valence-electron chi connectivity index (χ0n) is 12.6. The molecule has 2 rings (SSSR count). The molecule has 0 aromatic carbocycles. The smallest absolute Gasteiger partial charge is 0.323 e. The number of rotatable bonds is 4. The van der Waals surface area contributed by atoms with Crippen LogP contribution in [0.15, 0.2) is 0 Å². The van der Waals surface area contributed by atoms with Crippen LogP contribution in [0.4, 0.5) is 11.9 Å². The molecule has 0 unspecified atom stereocenters. The molecule has 8 nitrogen and oxygen atoms in total. The van der Waals surface area contributed by atoms with E-state index in [1.165, 1.54) is 0 Å². The third kappa shape index (κ3) is 3.07. The van der Waals surface area contributed by atoms with Gasteiger partial charge in [-0.3, -0.25) is 10.3 Å². The number of nitrogens with one attached hydrogen (secondary N) is 1. The molecule has 1 fully saturated rings. The van der Waals surface area contributed by atoms with Crippen molar-refractivity contribution in [2.75, 3.05) is 43.6 Å². The third-order valence-electron chi connectivity index (χ3n) is 3.60. The molecule has 0 aliphatic carbocycles. The van der Waals surface area contributed by atoms with E-state index in [9.17, 15) is 0 Å². The van der Waals surface area contributed by atoms with Crippen LogP contribution < -0.4 is 20.9 Å². The van der Waals surface area contributed by atoms with Gasteiger partial charge in [-0.2, -0.15) is 15.0 Å². The van der Waals surface area contributed by atoms with Gasteiger partial charge in [0.05, 0.1) is 6.61 Å². The highest BCUT2D eigenvalue weighted by Gasteiger charge is 2.32. The number of anilines is 2. The van der Waals surface area contributed by atoms with Gasteiger partial charge >= 0.3 is 6.01 Å². The number of nitrogens with two attached hydrogens (primary N) is 1. The quantitative estimate of drug-likeness (QED) is 0.592. The third-order valence-corrected chi connectivity index (χ3v) is 3.60. The van der Waals surface area contributed by atoms with Crippen LogP contribution in [-0.4, -0.2) is 58.7 Å². The number of aromatic nitrogens is 3. The summed E-state index contributed by atoms with van der Waals surface area (Å²) >= 11 is 0. The molecule has 0 saturated carbocycles. The molecule has 0 atom stereocenters. The number of nitrogens with zero attached hydrogens (tertiary/aromatic N) is 5. The first-order chi connectivity index (χ1) is 9.46. The summed E-state index contributed by atoms with van der Waals surface area (Å²) in [5.41, 5.74) is 2.52. The Labute approximate surface area is 119 Å². The Bertz CT molecular complexity index is 465. The minimum Gasteiger partial charge on any atom is -0.464 e. The van der Waals surface area contributed by atoms with Crippen LogP contribution in [0.25, 0.3) is 0 Å². The van der Waals surface area contributed by atoms with Crippen LogP contribution in [0.3, 0.4) is 0 Å². The maximum Gasteiger partial charge on any atom is 0.323 e. The van der Waals surface area contributed by atoms with E-state index in [0.717, 1.165) is 19.6 Å². The van der Waals surface area contributed by atoms with Crippen molar-refractivity contribution in [3.05, 3.63) is 0 Å². The largest absolute Gasteiger partial charge is 0.464 e. The molecule has 1 aliphatic heterocycles. The lowest BCUT2D eigenvalue weighted by atomic mass is 10.0. The van der Waals surface area contributed by atoms with E-state index in [1.807, 2.05) is 6.92 Å². The van der Waals surface area contributed by atoms with Gasteiger partial charge in [-0.25, -0.2) is 5.84 Å². The summed E-state index contributed by atoms with van der Waals surface area (Å²) in [5.74, 6) is 6.31. The zero-order chi connectivity index (χ0) is 14.8. The summed E-state index contributed by atoms with van der Waals surface area (Å²) in [6.07, 6.45) is 0. The molecular weight excluding hydrogens is 258 g/mol. The van der Waals surface area contributed by atoms with Gasteiger partial charge in [-0.05, 0) is 27.8 Å². The maximum absolute atomic E-state index is 5.40. The number of ether oxygens (including phenoxy) is 1. The van der Waals surface area contributed by atoms with Gasteiger partial charge in [0.15, 0.2) is 0 Å². The average molecular weight is 281 g/mol. The topological polar surface area (TPSA) is 92.4 Å². The second-order valence-electron chi connectivity index (χ2n) is 5.47. The fourth-order valence-corrected chi connectivity index (χ4v) is 2.16. The van der Waals surface area contributed by atoms with Crippen LogP contribution in [0.5, 0.6) is 6.01 Å². The first kappa shape index (κ1) is 14.7. The highest BCUT2D eigenvalue weighted by Crippen LogP contribution is 2.23. The molecule has 2 heterocycles. The Morgan fingerprint density at radius 1 is 1.30 bits per heavy atom. The molecule has 8 heteroatoms. The lowest BCUT2D eigenvalue weighted by Crippen LogP contribution is -2.58. The van der Waals surface area contributed by atoms with Crippen molar-refractivity contribution in [3.63, 3.8) is 0 Å². The van der Waals surface area contributed by atoms with E-state index in [4.69, 9.17) is 10.6 Å². The summed E-state index contributed by atoms with van der Waals surface area (Å²) < 4.78 is 5.36. The predicted molar refractivity (Wildman–Crippen MR) is 77.7 cm³/mol. The van der Waals surface area contributed by atoms with Crippen LogP contribution in [0.1, 0.15) is 20.8 Å². The SMILES string of the molecule is CCOc1nc(NN)nc(N2CCN(C)C(C)(C)C2)n1. The molecule has 0 amide bonds. The molecule has 1 aromatic heterocycles. The highest BCUT2D eigenvalue weighted by atomic mass is 16.5. The second-order valence-corrected chi connectivity index (χ2v) is 5.47. The molecule has 3 N–H and O–H groups in total. The van der Waals surface area contributed by atoms with Crippen molar-refractivity contribution in [1.82, 2.24) is 19.9 Å². The molecule has 0 radical (unpaired) electrons. The molecular formula is C12H23N7O. The van der Waals surface area contributed by atoms with Crippen molar-refractivity contribution in [2.45, 2.75) is 26.3 Å². The maximum atomic E-state index is 5.40. The Morgan fingerprint density at radius 2 is 2.05 bits per heavy atom. The van der Waals surface area contributed by atoms with Gasteiger partial charge in [0.25, 0.3) is 0 Å². The molecule has 0 bridgehead atoms. The van der Waals surface area contributed by atoms with Crippen molar-refractivity contribution >= 4 is 11.9 Å². The van der Waals surface area contributed by atoms with Crippen LogP contribution in [0.2, 0.25) is 0 Å². The monoisotopic (exact) mass is 281 g/mol. The van der Waals surface area contributed by atoms with Gasteiger partial charge in [0.2, 0.25) is 11.9 Å². The summed E-state index contributed by atoms with van der Waals surface area (Å²) in [4.78, 5) is 17.2. The fourth-order valence-electron chi connectivity index (χ4n) is 2.16. The number of likely N-dealkylation sites (N-methyl/N-ethyl adjacent to an activating group) is 1. The molecule has 1 aliphatic rings. The number of hydrogen-bond donors (Lipinski definition) is 2. The summed E-state index contributed by atoms with van der Waals surface area (Å²) in [6.45, 7) is 9.44. The number of hydrazine groups is 1. The summed E-state index contributed by atoms with van der Waals surface area (Å²) in [7, 11) is 2.13. The van der Waals surface area contributed by atoms with Gasteiger partial charge in [-0.15, -0.1) is 0 Å². The highest BCUT2D eigenvalue weighted by molar-refractivity contribution is 5.39. The van der Waals surface area contributed by atoms with E-state index in [1.54, 1.807) is 0 Å². The van der Waals surface area contributed by atoms with Gasteiger partial charge in [0.1, 0.15) is 0 Å². The fraction of sp³-hybridized carbons (Fsp3) is 0.750. The molecule has 112 valence electrons. The lowest BCUT2D eigenvalue weighted by Gasteiger charge is -2.45. The van der Waals surface area contributed by atoms with Crippen LogP contribution in [0, 0.1) is 0 Å². The first-order valence-electron chi connectivity index (χ1n) is 6.78. The van der Waals surface area contributed by atoms with Gasteiger partial charge in [0, 0.05) is 25.2 Å².